The molecule has 0 aromatic rings. The smallest absolute Gasteiger partial charge is 0.178 e. The zero-order valence-electron chi connectivity index (χ0n) is 13.1. The van der Waals surface area contributed by atoms with Crippen molar-refractivity contribution in [2.75, 3.05) is 0 Å². The van der Waals surface area contributed by atoms with Crippen LogP contribution in [0.3, 0.4) is 0 Å². The highest BCUT2D eigenvalue weighted by Crippen LogP contribution is 2.42. The molecule has 0 unspecified atom stereocenters. The van der Waals surface area contributed by atoms with E-state index in [9.17, 15) is 15.0 Å². The molecule has 0 radical (unpaired) electrons. The number of hydrogen-bond donors (Lipinski definition) is 2. The number of allylic oxidation sites excluding steroid dienone is 6. The molecule has 0 bridgehead atoms. The molecule has 0 heterocycles. The van der Waals surface area contributed by atoms with Gasteiger partial charge in [0.15, 0.2) is 5.78 Å². The van der Waals surface area contributed by atoms with E-state index in [0.29, 0.717) is 11.8 Å². The molecule has 2 saturated carbocycles. The monoisotopic (exact) mass is 302 g/mol. The molecule has 3 rings (SSSR count). The average Bonchev–Trinajstić information content (AvgIpc) is 2.53. The average molecular weight is 302 g/mol. The summed E-state index contributed by atoms with van der Waals surface area (Å²) in [6.07, 6.45) is 14.6. The van der Waals surface area contributed by atoms with Gasteiger partial charge in [0.05, 0.1) is 12.2 Å². The van der Waals surface area contributed by atoms with Crippen LogP contribution >= 0.6 is 0 Å². The van der Waals surface area contributed by atoms with E-state index in [1.165, 1.54) is 11.1 Å². The minimum Gasteiger partial charge on any atom is -0.393 e. The van der Waals surface area contributed by atoms with Crippen LogP contribution in [0, 0.1) is 11.8 Å². The highest BCUT2D eigenvalue weighted by molar-refractivity contribution is 6.01. The van der Waals surface area contributed by atoms with Crippen molar-refractivity contribution in [2.45, 2.75) is 63.6 Å². The number of rotatable bonds is 2. The summed E-state index contributed by atoms with van der Waals surface area (Å²) in [7, 11) is 0. The van der Waals surface area contributed by atoms with Gasteiger partial charge in [-0.15, -0.1) is 0 Å². The van der Waals surface area contributed by atoms with E-state index in [1.807, 2.05) is 12.2 Å². The first-order valence-electron chi connectivity index (χ1n) is 8.64. The van der Waals surface area contributed by atoms with E-state index in [-0.39, 0.29) is 18.0 Å². The molecule has 0 atom stereocenters. The zero-order valence-corrected chi connectivity index (χ0v) is 13.1. The molecule has 0 spiro atoms. The molecule has 3 aliphatic rings. The highest BCUT2D eigenvalue weighted by atomic mass is 16.3. The van der Waals surface area contributed by atoms with Crippen LogP contribution in [0.2, 0.25) is 0 Å². The van der Waals surface area contributed by atoms with Crippen molar-refractivity contribution in [2.24, 2.45) is 11.8 Å². The Hall–Kier alpha value is -1.19. The normalized spacial score (nSPS) is 35.7. The van der Waals surface area contributed by atoms with Crippen molar-refractivity contribution in [1.29, 1.82) is 0 Å². The quantitative estimate of drug-likeness (QED) is 0.824. The minimum absolute atomic E-state index is 0.0567. The van der Waals surface area contributed by atoms with Crippen LogP contribution in [-0.2, 0) is 4.79 Å². The maximum atomic E-state index is 11.4. The summed E-state index contributed by atoms with van der Waals surface area (Å²) in [6, 6.07) is 0. The molecular weight excluding hydrogens is 276 g/mol. The van der Waals surface area contributed by atoms with E-state index in [1.54, 1.807) is 12.2 Å². The molecular formula is C19H26O3. The van der Waals surface area contributed by atoms with Gasteiger partial charge in [0, 0.05) is 0 Å². The topological polar surface area (TPSA) is 57.5 Å². The summed E-state index contributed by atoms with van der Waals surface area (Å²) in [6.45, 7) is 0. The predicted octanol–water partition coefficient (Wildman–Crippen LogP) is 3.08. The van der Waals surface area contributed by atoms with Crippen LogP contribution in [0.25, 0.3) is 0 Å². The lowest BCUT2D eigenvalue weighted by Gasteiger charge is -2.36. The van der Waals surface area contributed by atoms with Crippen LogP contribution in [0.15, 0.2) is 35.5 Å². The second-order valence-electron chi connectivity index (χ2n) is 6.99. The molecule has 2 N–H and O–H groups in total. The van der Waals surface area contributed by atoms with Crippen LogP contribution in [0.4, 0.5) is 0 Å². The fourth-order valence-electron chi connectivity index (χ4n) is 4.23. The van der Waals surface area contributed by atoms with Crippen LogP contribution in [0.1, 0.15) is 51.4 Å². The Morgan fingerprint density at radius 3 is 1.55 bits per heavy atom. The van der Waals surface area contributed by atoms with Gasteiger partial charge in [0.25, 0.3) is 0 Å². The van der Waals surface area contributed by atoms with Crippen molar-refractivity contribution in [3.63, 3.8) is 0 Å². The Labute approximate surface area is 132 Å². The summed E-state index contributed by atoms with van der Waals surface area (Å²) in [4.78, 5) is 11.4. The van der Waals surface area contributed by atoms with Gasteiger partial charge in [0.1, 0.15) is 0 Å². The van der Waals surface area contributed by atoms with Gasteiger partial charge in [-0.25, -0.2) is 0 Å². The number of carbonyl (C=O) groups is 1. The number of aliphatic hydroxyl groups excluding tert-OH is 2. The summed E-state index contributed by atoms with van der Waals surface area (Å²) < 4.78 is 0. The minimum atomic E-state index is -0.144. The lowest BCUT2D eigenvalue weighted by atomic mass is 9.70. The molecule has 0 aromatic carbocycles. The van der Waals surface area contributed by atoms with Crippen molar-refractivity contribution in [3.05, 3.63) is 35.5 Å². The second kappa shape index (κ2) is 6.93. The SMILES string of the molecule is O=C1C=CC(=C(C2CCC(O)CC2)C2CCC(O)CC2)C=C1. The summed E-state index contributed by atoms with van der Waals surface area (Å²) in [5, 5.41) is 19.6. The van der Waals surface area contributed by atoms with E-state index in [2.05, 4.69) is 0 Å². The van der Waals surface area contributed by atoms with Crippen molar-refractivity contribution >= 4 is 5.78 Å². The zero-order chi connectivity index (χ0) is 15.5. The molecule has 3 heteroatoms. The number of ketones is 1. The van der Waals surface area contributed by atoms with Gasteiger partial charge < -0.3 is 10.2 Å². The largest absolute Gasteiger partial charge is 0.393 e. The maximum Gasteiger partial charge on any atom is 0.178 e. The first kappa shape index (κ1) is 15.7. The summed E-state index contributed by atoms with van der Waals surface area (Å²) >= 11 is 0. The van der Waals surface area contributed by atoms with Crippen molar-refractivity contribution < 1.29 is 15.0 Å². The highest BCUT2D eigenvalue weighted by Gasteiger charge is 2.31. The van der Waals surface area contributed by atoms with Gasteiger partial charge in [-0.3, -0.25) is 4.79 Å². The Kier molecular flexibility index (Phi) is 4.94. The third-order valence-corrected chi connectivity index (χ3v) is 5.46. The van der Waals surface area contributed by atoms with Crippen LogP contribution < -0.4 is 0 Å². The van der Waals surface area contributed by atoms with Gasteiger partial charge in [-0.2, -0.15) is 0 Å². The van der Waals surface area contributed by atoms with Crippen LogP contribution in [-0.4, -0.2) is 28.2 Å². The third-order valence-electron chi connectivity index (χ3n) is 5.46. The maximum absolute atomic E-state index is 11.4. The van der Waals surface area contributed by atoms with E-state index < -0.39 is 0 Å². The molecule has 22 heavy (non-hydrogen) atoms. The summed E-state index contributed by atoms with van der Waals surface area (Å²) in [5.41, 5.74) is 2.67. The fraction of sp³-hybridized carbons (Fsp3) is 0.632. The molecule has 120 valence electrons. The standard InChI is InChI=1S/C19H26O3/c20-16-7-1-13(2-8-16)19(14-3-9-17(21)10-4-14)15-5-11-18(22)12-6-15/h1-2,7-8,14-15,17-18,21-22H,3-6,9-12H2. The Bertz CT molecular complexity index is 457. The molecule has 0 aromatic heterocycles. The Morgan fingerprint density at radius 1 is 0.727 bits per heavy atom. The van der Waals surface area contributed by atoms with E-state index in [0.717, 1.165) is 51.4 Å². The summed E-state index contributed by atoms with van der Waals surface area (Å²) in [5.74, 6) is 1.09. The fourth-order valence-corrected chi connectivity index (χ4v) is 4.23. The number of hydrogen-bond acceptors (Lipinski definition) is 3. The first-order valence-corrected chi connectivity index (χ1v) is 8.64. The number of aliphatic hydroxyl groups is 2. The number of carbonyl (C=O) groups excluding carboxylic acids is 1. The van der Waals surface area contributed by atoms with Crippen LogP contribution in [0.5, 0.6) is 0 Å². The van der Waals surface area contributed by atoms with Gasteiger partial charge in [-0.05, 0) is 80.9 Å². The van der Waals surface area contributed by atoms with E-state index in [4.69, 9.17) is 0 Å². The second-order valence-corrected chi connectivity index (χ2v) is 6.99. The first-order chi connectivity index (χ1) is 10.6. The molecule has 0 saturated heterocycles. The van der Waals surface area contributed by atoms with Gasteiger partial charge in [0.2, 0.25) is 0 Å². The third kappa shape index (κ3) is 3.58. The molecule has 0 aliphatic heterocycles. The van der Waals surface area contributed by atoms with Crippen molar-refractivity contribution in [3.8, 4) is 0 Å². The van der Waals surface area contributed by atoms with Gasteiger partial charge in [-0.1, -0.05) is 17.7 Å². The van der Waals surface area contributed by atoms with Crippen molar-refractivity contribution in [1.82, 2.24) is 0 Å². The molecule has 2 fully saturated rings. The molecule has 3 aliphatic carbocycles. The van der Waals surface area contributed by atoms with E-state index >= 15 is 0 Å². The lowest BCUT2D eigenvalue weighted by molar-refractivity contribution is -0.110. The molecule has 0 amide bonds. The lowest BCUT2D eigenvalue weighted by Crippen LogP contribution is -2.27. The Morgan fingerprint density at radius 2 is 1.14 bits per heavy atom. The Balaban J connectivity index is 1.85. The molecule has 3 nitrogen and oxygen atoms in total. The van der Waals surface area contributed by atoms with Gasteiger partial charge >= 0.3 is 0 Å². The predicted molar refractivity (Wildman–Crippen MR) is 86.2 cm³/mol.